The summed E-state index contributed by atoms with van der Waals surface area (Å²) in [7, 11) is -3.41. The molecule has 0 bridgehead atoms. The summed E-state index contributed by atoms with van der Waals surface area (Å²) in [6.45, 7) is 11.6. The minimum Gasteiger partial charge on any atom is -0.379 e. The minimum absolute atomic E-state index is 0.386. The quantitative estimate of drug-likeness (QED) is 0.815. The van der Waals surface area contributed by atoms with Crippen LogP contribution in [0.4, 0.5) is 0 Å². The van der Waals surface area contributed by atoms with E-state index >= 15 is 0 Å². The second kappa shape index (κ2) is 6.75. The molecule has 2 heterocycles. The number of hydrogen-bond acceptors (Lipinski definition) is 4. The third-order valence-electron chi connectivity index (χ3n) is 5.48. The third kappa shape index (κ3) is 3.52. The van der Waals surface area contributed by atoms with Crippen LogP contribution >= 0.6 is 0 Å². The predicted octanol–water partition coefficient (Wildman–Crippen LogP) is 2.19. The number of benzene rings is 1. The Morgan fingerprint density at radius 3 is 2.50 bits per heavy atom. The van der Waals surface area contributed by atoms with Crippen molar-refractivity contribution in [2.45, 2.75) is 32.2 Å². The average Bonchev–Trinajstić information content (AvgIpc) is 2.54. The van der Waals surface area contributed by atoms with E-state index in [0.717, 1.165) is 25.2 Å². The van der Waals surface area contributed by atoms with Crippen molar-refractivity contribution in [2.75, 3.05) is 39.4 Å². The SMILES string of the molecule is CC(C)C1(C)CN(Cc2cccc(S(=O)(=O)N3CCOCC3)c2)C1. The summed E-state index contributed by atoms with van der Waals surface area (Å²) >= 11 is 0. The number of morpholine rings is 1. The molecule has 2 saturated heterocycles. The van der Waals surface area contributed by atoms with E-state index in [1.807, 2.05) is 18.2 Å². The highest BCUT2D eigenvalue weighted by atomic mass is 32.2. The van der Waals surface area contributed by atoms with Crippen LogP contribution in [0, 0.1) is 11.3 Å². The zero-order valence-electron chi connectivity index (χ0n) is 14.9. The van der Waals surface area contributed by atoms with Crippen LogP contribution < -0.4 is 0 Å². The fraction of sp³-hybridized carbons (Fsp3) is 0.667. The molecule has 2 fully saturated rings. The van der Waals surface area contributed by atoms with Gasteiger partial charge in [0.1, 0.15) is 0 Å². The fourth-order valence-electron chi connectivity index (χ4n) is 3.45. The summed E-state index contributed by atoms with van der Waals surface area (Å²) in [6.07, 6.45) is 0. The third-order valence-corrected chi connectivity index (χ3v) is 7.37. The topological polar surface area (TPSA) is 49.9 Å². The Morgan fingerprint density at radius 1 is 1.21 bits per heavy atom. The highest BCUT2D eigenvalue weighted by Gasteiger charge is 2.40. The number of sulfonamides is 1. The number of likely N-dealkylation sites (tertiary alicyclic amines) is 1. The van der Waals surface area contributed by atoms with Crippen LogP contribution in [0.2, 0.25) is 0 Å². The maximum absolute atomic E-state index is 12.8. The van der Waals surface area contributed by atoms with Crippen LogP contribution in [0.15, 0.2) is 29.2 Å². The summed E-state index contributed by atoms with van der Waals surface area (Å²) in [5, 5.41) is 0. The van der Waals surface area contributed by atoms with Gasteiger partial charge in [0.25, 0.3) is 0 Å². The van der Waals surface area contributed by atoms with E-state index in [4.69, 9.17) is 4.74 Å². The van der Waals surface area contributed by atoms with Gasteiger partial charge >= 0.3 is 0 Å². The van der Waals surface area contributed by atoms with Gasteiger partial charge in [0, 0.05) is 32.7 Å². The molecule has 0 aliphatic carbocycles. The predicted molar refractivity (Wildman–Crippen MR) is 94.2 cm³/mol. The molecular weight excluding hydrogens is 324 g/mol. The number of rotatable bonds is 5. The van der Waals surface area contributed by atoms with Crippen LogP contribution in [0.1, 0.15) is 26.3 Å². The van der Waals surface area contributed by atoms with Gasteiger partial charge in [-0.1, -0.05) is 32.9 Å². The van der Waals surface area contributed by atoms with E-state index in [2.05, 4.69) is 25.7 Å². The van der Waals surface area contributed by atoms with Crippen LogP contribution in [0.5, 0.6) is 0 Å². The highest BCUT2D eigenvalue weighted by Crippen LogP contribution is 2.37. The van der Waals surface area contributed by atoms with Crippen LogP contribution in [0.3, 0.4) is 0 Å². The summed E-state index contributed by atoms with van der Waals surface area (Å²) in [5.41, 5.74) is 1.45. The Morgan fingerprint density at radius 2 is 1.88 bits per heavy atom. The molecule has 0 N–H and O–H groups in total. The van der Waals surface area contributed by atoms with Crippen molar-refractivity contribution in [2.24, 2.45) is 11.3 Å². The Balaban J connectivity index is 1.69. The first-order valence-corrected chi connectivity index (χ1v) is 10.1. The first kappa shape index (κ1) is 17.9. The van der Waals surface area contributed by atoms with Crippen molar-refractivity contribution in [1.29, 1.82) is 0 Å². The second-order valence-electron chi connectivity index (χ2n) is 7.62. The molecule has 0 aromatic heterocycles. The molecule has 2 aliphatic heterocycles. The van der Waals surface area contributed by atoms with Crippen LogP contribution in [-0.4, -0.2) is 57.0 Å². The van der Waals surface area contributed by atoms with E-state index in [1.54, 1.807) is 6.07 Å². The lowest BCUT2D eigenvalue weighted by Gasteiger charge is -2.51. The summed E-state index contributed by atoms with van der Waals surface area (Å²) in [6, 6.07) is 7.39. The van der Waals surface area contributed by atoms with E-state index in [9.17, 15) is 8.42 Å². The molecule has 0 atom stereocenters. The van der Waals surface area contributed by atoms with Gasteiger partial charge in [-0.15, -0.1) is 0 Å². The number of hydrogen-bond donors (Lipinski definition) is 0. The normalized spacial score (nSPS) is 22.5. The van der Waals surface area contributed by atoms with Gasteiger partial charge in [-0.3, -0.25) is 4.90 Å². The molecular formula is C18H28N2O3S. The lowest BCUT2D eigenvalue weighted by Crippen LogP contribution is -2.56. The Kier molecular flexibility index (Phi) is 5.02. The zero-order chi connectivity index (χ0) is 17.4. The van der Waals surface area contributed by atoms with Crippen molar-refractivity contribution in [3.63, 3.8) is 0 Å². The van der Waals surface area contributed by atoms with Crippen molar-refractivity contribution in [3.8, 4) is 0 Å². The molecule has 1 aromatic carbocycles. The summed E-state index contributed by atoms with van der Waals surface area (Å²) < 4.78 is 32.3. The zero-order valence-corrected chi connectivity index (χ0v) is 15.7. The van der Waals surface area contributed by atoms with Gasteiger partial charge in [-0.05, 0) is 29.0 Å². The maximum Gasteiger partial charge on any atom is 0.243 e. The molecule has 0 radical (unpaired) electrons. The number of ether oxygens (including phenoxy) is 1. The molecule has 2 aliphatic rings. The van der Waals surface area contributed by atoms with Crippen LogP contribution in [-0.2, 0) is 21.3 Å². The molecule has 6 heteroatoms. The van der Waals surface area contributed by atoms with E-state index in [0.29, 0.717) is 42.5 Å². The lowest BCUT2D eigenvalue weighted by molar-refractivity contribution is -0.0263. The van der Waals surface area contributed by atoms with Gasteiger partial charge in [-0.2, -0.15) is 4.31 Å². The number of nitrogens with zero attached hydrogens (tertiary/aromatic N) is 2. The largest absolute Gasteiger partial charge is 0.379 e. The van der Waals surface area contributed by atoms with Crippen molar-refractivity contribution >= 4 is 10.0 Å². The molecule has 0 amide bonds. The maximum atomic E-state index is 12.8. The first-order chi connectivity index (χ1) is 11.3. The fourth-order valence-corrected chi connectivity index (χ4v) is 4.93. The molecule has 24 heavy (non-hydrogen) atoms. The highest BCUT2D eigenvalue weighted by molar-refractivity contribution is 7.89. The first-order valence-electron chi connectivity index (χ1n) is 8.70. The molecule has 0 spiro atoms. The van der Waals surface area contributed by atoms with Gasteiger partial charge in [0.2, 0.25) is 10.0 Å². The average molecular weight is 353 g/mol. The second-order valence-corrected chi connectivity index (χ2v) is 9.56. The standard InChI is InChI=1S/C18H28N2O3S/c1-15(2)18(3)13-19(14-18)12-16-5-4-6-17(11-16)24(21,22)20-7-9-23-10-8-20/h4-6,11,15H,7-10,12-14H2,1-3H3. The van der Waals surface area contributed by atoms with Gasteiger partial charge in [0.15, 0.2) is 0 Å². The molecule has 134 valence electrons. The van der Waals surface area contributed by atoms with Crippen molar-refractivity contribution < 1.29 is 13.2 Å². The van der Waals surface area contributed by atoms with Crippen molar-refractivity contribution in [3.05, 3.63) is 29.8 Å². The monoisotopic (exact) mass is 352 g/mol. The van der Waals surface area contributed by atoms with Crippen LogP contribution in [0.25, 0.3) is 0 Å². The molecule has 0 unspecified atom stereocenters. The van der Waals surface area contributed by atoms with E-state index in [1.165, 1.54) is 4.31 Å². The summed E-state index contributed by atoms with van der Waals surface area (Å²) in [5.74, 6) is 0.668. The molecule has 3 rings (SSSR count). The minimum atomic E-state index is -3.41. The molecule has 0 saturated carbocycles. The Labute approximate surface area is 145 Å². The van der Waals surface area contributed by atoms with Gasteiger partial charge in [0.05, 0.1) is 18.1 Å². The van der Waals surface area contributed by atoms with Crippen molar-refractivity contribution in [1.82, 2.24) is 9.21 Å². The molecule has 1 aromatic rings. The van der Waals surface area contributed by atoms with Gasteiger partial charge < -0.3 is 4.74 Å². The smallest absolute Gasteiger partial charge is 0.243 e. The van der Waals surface area contributed by atoms with E-state index in [-0.39, 0.29) is 0 Å². The van der Waals surface area contributed by atoms with Gasteiger partial charge in [-0.25, -0.2) is 8.42 Å². The lowest BCUT2D eigenvalue weighted by atomic mass is 9.72. The Bertz CT molecular complexity index is 675. The Hall–Kier alpha value is -0.950. The summed E-state index contributed by atoms with van der Waals surface area (Å²) in [4.78, 5) is 2.79. The van der Waals surface area contributed by atoms with E-state index < -0.39 is 10.0 Å². The molecule has 5 nitrogen and oxygen atoms in total.